The van der Waals surface area contributed by atoms with Crippen LogP contribution in [-0.2, 0) is 17.6 Å². The molecule has 0 fully saturated rings. The van der Waals surface area contributed by atoms with Gasteiger partial charge in [0.05, 0.1) is 0 Å². The maximum Gasteiger partial charge on any atom is 0.303 e. The highest BCUT2D eigenvalue weighted by molar-refractivity contribution is 5.66. The Hall–Kier alpha value is -2.17. The second-order valence-corrected chi connectivity index (χ2v) is 4.26. The maximum atomic E-state index is 10.4. The Morgan fingerprint density at radius 3 is 2.84 bits per heavy atom. The van der Waals surface area contributed by atoms with Gasteiger partial charge in [-0.15, -0.1) is 10.2 Å². The van der Waals surface area contributed by atoms with Gasteiger partial charge in [0, 0.05) is 18.4 Å². The van der Waals surface area contributed by atoms with Gasteiger partial charge in [-0.05, 0) is 24.5 Å². The van der Waals surface area contributed by atoms with E-state index in [4.69, 9.17) is 9.52 Å². The average molecular weight is 260 g/mol. The van der Waals surface area contributed by atoms with Gasteiger partial charge in [0.1, 0.15) is 0 Å². The normalized spacial score (nSPS) is 10.6. The number of carbonyl (C=O) groups is 1. The molecule has 5 nitrogen and oxygen atoms in total. The highest BCUT2D eigenvalue weighted by atomic mass is 16.4. The van der Waals surface area contributed by atoms with Crippen LogP contribution in [0, 0.1) is 0 Å². The van der Waals surface area contributed by atoms with Crippen molar-refractivity contribution in [1.29, 1.82) is 0 Å². The highest BCUT2D eigenvalue weighted by Gasteiger charge is 2.11. The van der Waals surface area contributed by atoms with Crippen LogP contribution in [0.3, 0.4) is 0 Å². The molecule has 0 aliphatic carbocycles. The number of aliphatic carboxylic acids is 1. The summed E-state index contributed by atoms with van der Waals surface area (Å²) in [6, 6.07) is 7.90. The summed E-state index contributed by atoms with van der Waals surface area (Å²) in [6.45, 7) is 2.07. The molecule has 0 saturated carbocycles. The van der Waals surface area contributed by atoms with E-state index in [1.807, 2.05) is 24.3 Å². The summed E-state index contributed by atoms with van der Waals surface area (Å²) in [7, 11) is 0. The van der Waals surface area contributed by atoms with Gasteiger partial charge in [0.15, 0.2) is 0 Å². The van der Waals surface area contributed by atoms with Crippen LogP contribution in [0.15, 0.2) is 28.7 Å². The lowest BCUT2D eigenvalue weighted by Gasteiger charge is -2.01. The van der Waals surface area contributed by atoms with Crippen molar-refractivity contribution in [2.24, 2.45) is 0 Å². The molecule has 1 aromatic heterocycles. The number of aromatic nitrogens is 2. The number of rotatable bonds is 6. The first-order valence-electron chi connectivity index (χ1n) is 6.33. The summed E-state index contributed by atoms with van der Waals surface area (Å²) < 4.78 is 5.58. The lowest BCUT2D eigenvalue weighted by Crippen LogP contribution is -1.95. The lowest BCUT2D eigenvalue weighted by molar-refractivity contribution is -0.137. The lowest BCUT2D eigenvalue weighted by atomic mass is 10.1. The second-order valence-electron chi connectivity index (χ2n) is 4.26. The van der Waals surface area contributed by atoms with E-state index in [1.165, 1.54) is 0 Å². The molecular weight excluding hydrogens is 244 g/mol. The van der Waals surface area contributed by atoms with E-state index in [0.717, 1.165) is 17.5 Å². The van der Waals surface area contributed by atoms with Crippen molar-refractivity contribution in [3.63, 3.8) is 0 Å². The van der Waals surface area contributed by atoms with Crippen LogP contribution in [0.4, 0.5) is 0 Å². The number of hydrogen-bond donors (Lipinski definition) is 1. The van der Waals surface area contributed by atoms with Crippen molar-refractivity contribution >= 4 is 5.97 Å². The summed E-state index contributed by atoms with van der Waals surface area (Å²) in [4.78, 5) is 10.4. The zero-order valence-electron chi connectivity index (χ0n) is 10.8. The Labute approximate surface area is 111 Å². The van der Waals surface area contributed by atoms with Gasteiger partial charge >= 0.3 is 5.97 Å². The summed E-state index contributed by atoms with van der Waals surface area (Å²) in [6.07, 6.45) is 2.01. The van der Waals surface area contributed by atoms with Crippen molar-refractivity contribution in [2.45, 2.75) is 32.6 Å². The fourth-order valence-corrected chi connectivity index (χ4v) is 1.89. The molecule has 0 atom stereocenters. The van der Waals surface area contributed by atoms with Crippen LogP contribution in [0.2, 0.25) is 0 Å². The fraction of sp³-hybridized carbons (Fsp3) is 0.357. The van der Waals surface area contributed by atoms with E-state index in [-0.39, 0.29) is 6.42 Å². The Morgan fingerprint density at radius 1 is 1.32 bits per heavy atom. The zero-order chi connectivity index (χ0) is 13.7. The van der Waals surface area contributed by atoms with Gasteiger partial charge in [-0.3, -0.25) is 4.79 Å². The van der Waals surface area contributed by atoms with E-state index in [0.29, 0.717) is 24.6 Å². The fourth-order valence-electron chi connectivity index (χ4n) is 1.89. The third-order valence-electron chi connectivity index (χ3n) is 2.88. The van der Waals surface area contributed by atoms with Crippen LogP contribution in [-0.4, -0.2) is 21.3 Å². The highest BCUT2D eigenvalue weighted by Crippen LogP contribution is 2.23. The number of carboxylic acid groups (broad SMARTS) is 1. The summed E-state index contributed by atoms with van der Waals surface area (Å²) in [5.74, 6) is 0.181. The molecule has 0 aliphatic heterocycles. The summed E-state index contributed by atoms with van der Waals surface area (Å²) in [5, 5.41) is 16.6. The molecule has 0 aliphatic rings. The predicted molar refractivity (Wildman–Crippen MR) is 69.7 cm³/mol. The molecule has 1 N–H and O–H groups in total. The van der Waals surface area contributed by atoms with Crippen molar-refractivity contribution in [1.82, 2.24) is 10.2 Å². The largest absolute Gasteiger partial charge is 0.481 e. The van der Waals surface area contributed by atoms with Crippen molar-refractivity contribution in [3.05, 3.63) is 35.7 Å². The summed E-state index contributed by atoms with van der Waals surface area (Å²) >= 11 is 0. The van der Waals surface area contributed by atoms with E-state index >= 15 is 0 Å². The Balaban J connectivity index is 2.10. The Morgan fingerprint density at radius 2 is 2.11 bits per heavy atom. The van der Waals surface area contributed by atoms with E-state index in [1.54, 1.807) is 0 Å². The van der Waals surface area contributed by atoms with Gasteiger partial charge in [-0.1, -0.05) is 25.1 Å². The molecule has 100 valence electrons. The predicted octanol–water partition coefficient (Wildman–Crippen LogP) is 2.71. The molecule has 0 radical (unpaired) electrons. The SMILES string of the molecule is CCc1ccccc1-c1nnc(CCCC(=O)O)o1. The van der Waals surface area contributed by atoms with E-state index in [2.05, 4.69) is 17.1 Å². The third kappa shape index (κ3) is 3.40. The van der Waals surface area contributed by atoms with Crippen LogP contribution >= 0.6 is 0 Å². The molecule has 0 amide bonds. The van der Waals surface area contributed by atoms with Crippen LogP contribution in [0.25, 0.3) is 11.5 Å². The molecule has 1 aromatic carbocycles. The third-order valence-corrected chi connectivity index (χ3v) is 2.88. The molecule has 2 aromatic rings. The first-order chi connectivity index (χ1) is 9.20. The zero-order valence-corrected chi connectivity index (χ0v) is 10.8. The number of carboxylic acids is 1. The van der Waals surface area contributed by atoms with Crippen LogP contribution in [0.1, 0.15) is 31.2 Å². The molecule has 0 bridgehead atoms. The van der Waals surface area contributed by atoms with Crippen LogP contribution in [0.5, 0.6) is 0 Å². The van der Waals surface area contributed by atoms with Gasteiger partial charge in [0.25, 0.3) is 0 Å². The molecule has 5 heteroatoms. The van der Waals surface area contributed by atoms with Crippen LogP contribution < -0.4 is 0 Å². The number of hydrogen-bond acceptors (Lipinski definition) is 4. The smallest absolute Gasteiger partial charge is 0.303 e. The Bertz CT molecular complexity index is 563. The number of aryl methyl sites for hydroxylation is 2. The van der Waals surface area contributed by atoms with Crippen molar-refractivity contribution in [2.75, 3.05) is 0 Å². The minimum absolute atomic E-state index is 0.114. The quantitative estimate of drug-likeness (QED) is 0.864. The molecule has 0 saturated heterocycles. The number of nitrogens with zero attached hydrogens (tertiary/aromatic N) is 2. The van der Waals surface area contributed by atoms with Gasteiger partial charge in [-0.2, -0.15) is 0 Å². The van der Waals surface area contributed by atoms with Crippen molar-refractivity contribution in [3.8, 4) is 11.5 Å². The second kappa shape index (κ2) is 6.13. The van der Waals surface area contributed by atoms with Crippen molar-refractivity contribution < 1.29 is 14.3 Å². The number of benzene rings is 1. The minimum Gasteiger partial charge on any atom is -0.481 e. The Kier molecular flexibility index (Phi) is 4.28. The van der Waals surface area contributed by atoms with E-state index < -0.39 is 5.97 Å². The average Bonchev–Trinajstić information content (AvgIpc) is 2.87. The topological polar surface area (TPSA) is 76.2 Å². The standard InChI is InChI=1S/C14H16N2O3/c1-2-10-6-3-4-7-11(10)14-16-15-12(19-14)8-5-9-13(17)18/h3-4,6-7H,2,5,8-9H2,1H3,(H,17,18). The minimum atomic E-state index is -0.809. The maximum absolute atomic E-state index is 10.4. The molecule has 0 spiro atoms. The molecule has 1 heterocycles. The van der Waals surface area contributed by atoms with E-state index in [9.17, 15) is 4.79 Å². The molecule has 2 rings (SSSR count). The first-order valence-corrected chi connectivity index (χ1v) is 6.33. The summed E-state index contributed by atoms with van der Waals surface area (Å²) in [5.41, 5.74) is 2.10. The van der Waals surface area contributed by atoms with Gasteiger partial charge < -0.3 is 9.52 Å². The molecule has 0 unspecified atom stereocenters. The van der Waals surface area contributed by atoms with Gasteiger partial charge in [0.2, 0.25) is 11.8 Å². The van der Waals surface area contributed by atoms with Gasteiger partial charge in [-0.25, -0.2) is 0 Å². The molecular formula is C14H16N2O3. The monoisotopic (exact) mass is 260 g/mol. The first kappa shape index (κ1) is 13.3. The molecule has 19 heavy (non-hydrogen) atoms.